The lowest BCUT2D eigenvalue weighted by Crippen LogP contribution is -2.40. The van der Waals surface area contributed by atoms with Gasteiger partial charge < -0.3 is 24.8 Å². The molecule has 0 amide bonds. The summed E-state index contributed by atoms with van der Waals surface area (Å²) in [7, 11) is 2.02. The molecule has 1 heterocycles. The molecule has 1 unspecified atom stereocenters. The minimum atomic E-state index is -0.729. The Hall–Kier alpha value is -1.13. The number of guanidine groups is 1. The van der Waals surface area contributed by atoms with Crippen LogP contribution in [0.4, 0.5) is 4.39 Å². The molecule has 2 N–H and O–H groups in total. The second-order valence-electron chi connectivity index (χ2n) is 6.88. The monoisotopic (exact) mass is 509 g/mol. The van der Waals surface area contributed by atoms with E-state index in [-0.39, 0.29) is 42.9 Å². The minimum absolute atomic E-state index is 0. The zero-order chi connectivity index (χ0) is 19.5. The Bertz CT molecular complexity index is 568. The number of nitrogens with one attached hydrogen (secondary N) is 1. The quantitative estimate of drug-likeness (QED) is 0.305. The molecule has 160 valence electrons. The number of aliphatic hydroxyl groups is 1. The van der Waals surface area contributed by atoms with Gasteiger partial charge in [0.05, 0.1) is 6.54 Å². The topological polar surface area (TPSA) is 66.3 Å². The van der Waals surface area contributed by atoms with Gasteiger partial charge in [-0.2, -0.15) is 0 Å². The smallest absolute Gasteiger partial charge is 0.193 e. The van der Waals surface area contributed by atoms with Crippen LogP contribution in [-0.4, -0.2) is 68.6 Å². The van der Waals surface area contributed by atoms with Crippen molar-refractivity contribution in [3.63, 3.8) is 0 Å². The summed E-state index contributed by atoms with van der Waals surface area (Å²) < 4.78 is 23.8. The molecule has 0 aromatic heterocycles. The van der Waals surface area contributed by atoms with Gasteiger partial charge in [-0.25, -0.2) is 4.39 Å². The predicted molar refractivity (Wildman–Crippen MR) is 120 cm³/mol. The van der Waals surface area contributed by atoms with Crippen molar-refractivity contribution in [2.45, 2.75) is 32.3 Å². The molecule has 0 radical (unpaired) electrons. The number of ether oxygens (including phenoxy) is 2. The number of halogens is 2. The number of aliphatic imine (C=N–C) groups is 1. The molecule has 1 aromatic carbocycles. The van der Waals surface area contributed by atoms with Crippen LogP contribution in [0.1, 0.15) is 26.2 Å². The molecule has 0 saturated carbocycles. The molecule has 1 aliphatic rings. The van der Waals surface area contributed by atoms with Gasteiger partial charge in [0.2, 0.25) is 0 Å². The molecule has 1 saturated heterocycles. The summed E-state index contributed by atoms with van der Waals surface area (Å²) in [5.74, 6) is 1.70. The van der Waals surface area contributed by atoms with Crippen LogP contribution in [0.3, 0.4) is 0 Å². The molecule has 8 heteroatoms. The first-order chi connectivity index (χ1) is 13.1. The summed E-state index contributed by atoms with van der Waals surface area (Å²) in [5.41, 5.74) is 0. The molecule has 0 spiro atoms. The van der Waals surface area contributed by atoms with Gasteiger partial charge in [-0.15, -0.1) is 24.0 Å². The summed E-state index contributed by atoms with van der Waals surface area (Å²) >= 11 is 0. The summed E-state index contributed by atoms with van der Waals surface area (Å²) in [6.45, 7) is 5.79. The average molecular weight is 509 g/mol. The van der Waals surface area contributed by atoms with Crippen molar-refractivity contribution in [2.75, 3.05) is 46.5 Å². The third-order valence-electron chi connectivity index (χ3n) is 4.62. The van der Waals surface area contributed by atoms with E-state index in [1.807, 2.05) is 14.0 Å². The van der Waals surface area contributed by atoms with E-state index in [0.717, 1.165) is 51.5 Å². The van der Waals surface area contributed by atoms with Crippen molar-refractivity contribution in [1.82, 2.24) is 10.2 Å². The van der Waals surface area contributed by atoms with Crippen LogP contribution in [0.5, 0.6) is 5.75 Å². The first-order valence-electron chi connectivity index (χ1n) is 9.72. The minimum Gasteiger partial charge on any atom is -0.491 e. The maximum Gasteiger partial charge on any atom is 0.193 e. The third kappa shape index (κ3) is 9.38. The normalized spacial score (nSPS) is 16.2. The number of hydrogen-bond acceptors (Lipinski definition) is 4. The van der Waals surface area contributed by atoms with Gasteiger partial charge in [-0.3, -0.25) is 4.99 Å². The lowest BCUT2D eigenvalue weighted by molar-refractivity contribution is 0.0625. The van der Waals surface area contributed by atoms with Gasteiger partial charge in [-0.05, 0) is 56.4 Å². The zero-order valence-electron chi connectivity index (χ0n) is 16.8. The maximum absolute atomic E-state index is 12.9. The molecule has 28 heavy (non-hydrogen) atoms. The van der Waals surface area contributed by atoms with Crippen LogP contribution >= 0.6 is 24.0 Å². The third-order valence-corrected chi connectivity index (χ3v) is 4.62. The second kappa shape index (κ2) is 13.9. The largest absolute Gasteiger partial charge is 0.491 e. The molecular weight excluding hydrogens is 476 g/mol. The fraction of sp³-hybridized carbons (Fsp3) is 0.650. The van der Waals surface area contributed by atoms with Crippen molar-refractivity contribution in [2.24, 2.45) is 10.9 Å². The van der Waals surface area contributed by atoms with E-state index in [1.54, 1.807) is 12.1 Å². The van der Waals surface area contributed by atoms with Crippen LogP contribution in [0.15, 0.2) is 29.3 Å². The second-order valence-corrected chi connectivity index (χ2v) is 6.88. The highest BCUT2D eigenvalue weighted by molar-refractivity contribution is 14.0. The molecule has 1 aromatic rings. The number of aliphatic hydroxyl groups excluding tert-OH is 1. The van der Waals surface area contributed by atoms with E-state index >= 15 is 0 Å². The highest BCUT2D eigenvalue weighted by Gasteiger charge is 2.15. The molecule has 1 fully saturated rings. The fourth-order valence-electron chi connectivity index (χ4n) is 2.95. The molecule has 0 aliphatic carbocycles. The van der Waals surface area contributed by atoms with E-state index in [9.17, 15) is 9.50 Å². The zero-order valence-corrected chi connectivity index (χ0v) is 19.1. The van der Waals surface area contributed by atoms with Crippen LogP contribution in [-0.2, 0) is 4.74 Å². The summed E-state index contributed by atoms with van der Waals surface area (Å²) in [5, 5.41) is 13.4. The van der Waals surface area contributed by atoms with Crippen molar-refractivity contribution >= 4 is 29.9 Å². The number of benzene rings is 1. The highest BCUT2D eigenvalue weighted by atomic mass is 127. The van der Waals surface area contributed by atoms with Gasteiger partial charge >= 0.3 is 0 Å². The van der Waals surface area contributed by atoms with Crippen molar-refractivity contribution in [1.29, 1.82) is 0 Å². The van der Waals surface area contributed by atoms with Gasteiger partial charge in [-0.1, -0.05) is 0 Å². The van der Waals surface area contributed by atoms with E-state index in [2.05, 4.69) is 15.2 Å². The summed E-state index contributed by atoms with van der Waals surface area (Å²) in [6.07, 6.45) is 2.63. The molecule has 1 atom stereocenters. The van der Waals surface area contributed by atoms with Crippen molar-refractivity contribution in [3.05, 3.63) is 30.1 Å². The number of hydrogen-bond donors (Lipinski definition) is 2. The average Bonchev–Trinajstić information content (AvgIpc) is 2.69. The van der Waals surface area contributed by atoms with Gasteiger partial charge in [0, 0.05) is 33.4 Å². The van der Waals surface area contributed by atoms with Gasteiger partial charge in [0.25, 0.3) is 0 Å². The molecule has 2 rings (SSSR count). The van der Waals surface area contributed by atoms with Gasteiger partial charge in [0.15, 0.2) is 5.96 Å². The Labute approximate surface area is 184 Å². The highest BCUT2D eigenvalue weighted by Crippen LogP contribution is 2.18. The Morgan fingerprint density at radius 2 is 2.04 bits per heavy atom. The Balaban J connectivity index is 0.00000392. The number of rotatable bonds is 9. The first-order valence-corrected chi connectivity index (χ1v) is 9.72. The number of nitrogens with zero attached hydrogens (tertiary/aromatic N) is 2. The lowest BCUT2D eigenvalue weighted by Gasteiger charge is -2.27. The standard InChI is InChI=1S/C20H32FN3O3.HI/c1-3-22-20(24(2)11-8-16-9-12-26-13-10-16)23-14-18(25)15-27-19-6-4-17(21)5-7-19;/h4-7,16,18,25H,3,8-15H2,1-2H3,(H,22,23);1H. The maximum atomic E-state index is 12.9. The van der Waals surface area contributed by atoms with E-state index < -0.39 is 6.10 Å². The van der Waals surface area contributed by atoms with Crippen molar-refractivity contribution < 1.29 is 19.0 Å². The molecule has 0 bridgehead atoms. The lowest BCUT2D eigenvalue weighted by atomic mass is 9.96. The predicted octanol–water partition coefficient (Wildman–Crippen LogP) is 2.90. The molecule has 1 aliphatic heterocycles. The SMILES string of the molecule is CCNC(=NCC(O)COc1ccc(F)cc1)N(C)CCC1CCOCC1.I. The van der Waals surface area contributed by atoms with Crippen LogP contribution in [0.2, 0.25) is 0 Å². The van der Waals surface area contributed by atoms with E-state index in [1.165, 1.54) is 12.1 Å². The van der Waals surface area contributed by atoms with Gasteiger partial charge in [0.1, 0.15) is 24.3 Å². The van der Waals surface area contributed by atoms with E-state index in [0.29, 0.717) is 11.7 Å². The van der Waals surface area contributed by atoms with Crippen LogP contribution < -0.4 is 10.1 Å². The van der Waals surface area contributed by atoms with Crippen molar-refractivity contribution in [3.8, 4) is 5.75 Å². The fourth-order valence-corrected chi connectivity index (χ4v) is 2.95. The Morgan fingerprint density at radius 3 is 2.68 bits per heavy atom. The molecule has 6 nitrogen and oxygen atoms in total. The van der Waals surface area contributed by atoms with E-state index in [4.69, 9.17) is 9.47 Å². The molecular formula is C20H33FIN3O3. The Kier molecular flexibility index (Phi) is 12.4. The summed E-state index contributed by atoms with van der Waals surface area (Å²) in [4.78, 5) is 6.62. The first kappa shape index (κ1) is 24.9. The van der Waals surface area contributed by atoms with Crippen LogP contribution in [0.25, 0.3) is 0 Å². The van der Waals surface area contributed by atoms with Crippen LogP contribution in [0, 0.1) is 11.7 Å². The summed E-state index contributed by atoms with van der Waals surface area (Å²) in [6, 6.07) is 5.74. The Morgan fingerprint density at radius 1 is 1.36 bits per heavy atom.